The molecule has 4 nitrogen and oxygen atoms in total. The molecule has 0 radical (unpaired) electrons. The Bertz CT molecular complexity index is 389. The van der Waals surface area contributed by atoms with Crippen LogP contribution in [-0.2, 0) is 0 Å². The zero-order valence-electron chi connectivity index (χ0n) is 8.15. The van der Waals surface area contributed by atoms with Gasteiger partial charge in [-0.2, -0.15) is 0 Å². The van der Waals surface area contributed by atoms with Crippen molar-refractivity contribution in [2.45, 2.75) is 12.8 Å². The molecule has 1 aliphatic rings. The summed E-state index contributed by atoms with van der Waals surface area (Å²) in [6.45, 7) is 1.70. The van der Waals surface area contributed by atoms with Gasteiger partial charge in [-0.05, 0) is 18.9 Å². The van der Waals surface area contributed by atoms with Crippen molar-refractivity contribution in [1.29, 1.82) is 0 Å². The van der Waals surface area contributed by atoms with E-state index in [1.807, 2.05) is 4.90 Å². The number of non-ortho nitro benzene ring substituents is 1. The molecule has 15 heavy (non-hydrogen) atoms. The molecule has 1 aromatic rings. The number of nitro benzene ring substituents is 1. The molecular weight excluding hydrogens is 199 g/mol. The smallest absolute Gasteiger partial charge is 0.274 e. The predicted octanol–water partition coefficient (Wildman–Crippen LogP) is 2.33. The van der Waals surface area contributed by atoms with Gasteiger partial charge in [0.1, 0.15) is 5.82 Å². The number of halogens is 1. The summed E-state index contributed by atoms with van der Waals surface area (Å²) in [4.78, 5) is 11.9. The molecule has 0 aliphatic carbocycles. The molecule has 1 aliphatic heterocycles. The molecule has 1 heterocycles. The van der Waals surface area contributed by atoms with Crippen LogP contribution in [0.1, 0.15) is 12.8 Å². The molecule has 80 valence electrons. The van der Waals surface area contributed by atoms with Gasteiger partial charge in [0.25, 0.3) is 5.69 Å². The molecule has 0 aromatic heterocycles. The molecule has 5 heteroatoms. The van der Waals surface area contributed by atoms with Crippen molar-refractivity contribution in [2.75, 3.05) is 18.0 Å². The molecule has 1 aromatic carbocycles. The lowest BCUT2D eigenvalue weighted by molar-refractivity contribution is -0.385. The third-order valence-corrected chi connectivity index (χ3v) is 2.55. The Hall–Kier alpha value is -1.65. The van der Waals surface area contributed by atoms with E-state index >= 15 is 0 Å². The Labute approximate surface area is 86.5 Å². The maximum absolute atomic E-state index is 13.1. The lowest BCUT2D eigenvalue weighted by Gasteiger charge is -2.16. The molecule has 0 unspecified atom stereocenters. The summed E-state index contributed by atoms with van der Waals surface area (Å²) >= 11 is 0. The van der Waals surface area contributed by atoms with Gasteiger partial charge in [0.05, 0.1) is 11.0 Å². The van der Waals surface area contributed by atoms with Gasteiger partial charge in [0.15, 0.2) is 0 Å². The molecule has 0 bridgehead atoms. The minimum atomic E-state index is -0.567. The summed E-state index contributed by atoms with van der Waals surface area (Å²) in [7, 11) is 0. The third kappa shape index (κ3) is 2.06. The first-order chi connectivity index (χ1) is 7.16. The highest BCUT2D eigenvalue weighted by Gasteiger charge is 2.16. The highest BCUT2D eigenvalue weighted by atomic mass is 19.1. The first-order valence-electron chi connectivity index (χ1n) is 4.87. The van der Waals surface area contributed by atoms with E-state index in [4.69, 9.17) is 0 Å². The molecular formula is C10H11FN2O2. The van der Waals surface area contributed by atoms with Crippen LogP contribution in [0.4, 0.5) is 15.8 Å². The van der Waals surface area contributed by atoms with Crippen LogP contribution in [-0.4, -0.2) is 18.0 Å². The van der Waals surface area contributed by atoms with Crippen LogP contribution in [0.3, 0.4) is 0 Å². The van der Waals surface area contributed by atoms with E-state index in [0.717, 1.165) is 32.0 Å². The van der Waals surface area contributed by atoms with E-state index in [1.54, 1.807) is 0 Å². The van der Waals surface area contributed by atoms with Crippen LogP contribution in [0.25, 0.3) is 0 Å². The third-order valence-electron chi connectivity index (χ3n) is 2.55. The molecule has 0 amide bonds. The quantitative estimate of drug-likeness (QED) is 0.556. The van der Waals surface area contributed by atoms with Gasteiger partial charge < -0.3 is 4.90 Å². The highest BCUT2D eigenvalue weighted by molar-refractivity contribution is 5.54. The van der Waals surface area contributed by atoms with Crippen molar-refractivity contribution in [3.8, 4) is 0 Å². The number of nitro groups is 1. The number of hydrogen-bond acceptors (Lipinski definition) is 3. The number of benzene rings is 1. The fourth-order valence-corrected chi connectivity index (χ4v) is 1.82. The molecule has 2 rings (SSSR count). The Morgan fingerprint density at radius 3 is 2.53 bits per heavy atom. The molecule has 1 saturated heterocycles. The lowest BCUT2D eigenvalue weighted by atomic mass is 10.2. The predicted molar refractivity (Wildman–Crippen MR) is 54.5 cm³/mol. The van der Waals surface area contributed by atoms with Crippen molar-refractivity contribution >= 4 is 11.4 Å². The topological polar surface area (TPSA) is 46.4 Å². The first kappa shape index (κ1) is 9.89. The second-order valence-electron chi connectivity index (χ2n) is 3.62. The fraction of sp³-hybridized carbons (Fsp3) is 0.400. The van der Waals surface area contributed by atoms with E-state index in [2.05, 4.69) is 0 Å². The minimum absolute atomic E-state index is 0.183. The van der Waals surface area contributed by atoms with E-state index in [9.17, 15) is 14.5 Å². The van der Waals surface area contributed by atoms with E-state index < -0.39 is 10.7 Å². The van der Waals surface area contributed by atoms with E-state index in [1.165, 1.54) is 12.1 Å². The van der Waals surface area contributed by atoms with Crippen molar-refractivity contribution in [3.05, 3.63) is 34.1 Å². The summed E-state index contributed by atoms with van der Waals surface area (Å²) in [5.74, 6) is -0.550. The fourth-order valence-electron chi connectivity index (χ4n) is 1.82. The van der Waals surface area contributed by atoms with Gasteiger partial charge in [-0.1, -0.05) is 0 Å². The average molecular weight is 210 g/mol. The summed E-state index contributed by atoms with van der Waals surface area (Å²) in [6, 6.07) is 3.71. The average Bonchev–Trinajstić information content (AvgIpc) is 2.69. The van der Waals surface area contributed by atoms with Crippen LogP contribution < -0.4 is 4.90 Å². The van der Waals surface area contributed by atoms with Crippen molar-refractivity contribution in [3.63, 3.8) is 0 Å². The zero-order valence-corrected chi connectivity index (χ0v) is 8.15. The zero-order chi connectivity index (χ0) is 10.8. The lowest BCUT2D eigenvalue weighted by Crippen LogP contribution is -2.17. The maximum Gasteiger partial charge on any atom is 0.274 e. The number of hydrogen-bond donors (Lipinski definition) is 0. The molecule has 0 saturated carbocycles. The largest absolute Gasteiger partial charge is 0.371 e. The monoisotopic (exact) mass is 210 g/mol. The molecule has 1 fully saturated rings. The summed E-state index contributed by atoms with van der Waals surface area (Å²) < 4.78 is 13.1. The van der Waals surface area contributed by atoms with Gasteiger partial charge in [-0.3, -0.25) is 10.1 Å². The Balaban J connectivity index is 2.34. The van der Waals surface area contributed by atoms with Gasteiger partial charge >= 0.3 is 0 Å². The SMILES string of the molecule is O=[N+]([O-])c1cc(F)cc(N2CCCC2)c1. The van der Waals surface area contributed by atoms with Crippen LogP contribution in [0.2, 0.25) is 0 Å². The van der Waals surface area contributed by atoms with Crippen LogP contribution in [0.15, 0.2) is 18.2 Å². The van der Waals surface area contributed by atoms with E-state index in [0.29, 0.717) is 5.69 Å². The Morgan fingerprint density at radius 1 is 1.27 bits per heavy atom. The van der Waals surface area contributed by atoms with Crippen LogP contribution >= 0.6 is 0 Å². The van der Waals surface area contributed by atoms with Crippen molar-refractivity contribution in [2.24, 2.45) is 0 Å². The van der Waals surface area contributed by atoms with Crippen molar-refractivity contribution in [1.82, 2.24) is 0 Å². The van der Waals surface area contributed by atoms with Gasteiger partial charge in [0.2, 0.25) is 0 Å². The van der Waals surface area contributed by atoms with Gasteiger partial charge in [0, 0.05) is 24.8 Å². The second kappa shape index (κ2) is 3.84. The molecule has 0 atom stereocenters. The van der Waals surface area contributed by atoms with Crippen molar-refractivity contribution < 1.29 is 9.31 Å². The van der Waals surface area contributed by atoms with Crippen LogP contribution in [0.5, 0.6) is 0 Å². The number of anilines is 1. The normalized spacial score (nSPS) is 15.7. The summed E-state index contributed by atoms with van der Waals surface area (Å²) in [5.41, 5.74) is 0.427. The van der Waals surface area contributed by atoms with Gasteiger partial charge in [-0.15, -0.1) is 0 Å². The maximum atomic E-state index is 13.1. The first-order valence-corrected chi connectivity index (χ1v) is 4.87. The molecule has 0 N–H and O–H groups in total. The summed E-state index contributed by atoms with van der Waals surface area (Å²) in [6.07, 6.45) is 2.12. The highest BCUT2D eigenvalue weighted by Crippen LogP contribution is 2.25. The second-order valence-corrected chi connectivity index (χ2v) is 3.62. The Kier molecular flexibility index (Phi) is 2.53. The standard InChI is InChI=1S/C10H11FN2O2/c11-8-5-9(12-3-1-2-4-12)7-10(6-8)13(14)15/h5-7H,1-4H2. The van der Waals surface area contributed by atoms with Gasteiger partial charge in [-0.25, -0.2) is 4.39 Å². The Morgan fingerprint density at radius 2 is 1.93 bits per heavy atom. The van der Waals surface area contributed by atoms with E-state index in [-0.39, 0.29) is 5.69 Å². The molecule has 0 spiro atoms. The number of nitrogens with zero attached hydrogens (tertiary/aromatic N) is 2. The van der Waals surface area contributed by atoms with Crippen LogP contribution in [0, 0.1) is 15.9 Å². The minimum Gasteiger partial charge on any atom is -0.371 e. The summed E-state index contributed by atoms with van der Waals surface area (Å²) in [5, 5.41) is 10.5. The number of rotatable bonds is 2.